The summed E-state index contributed by atoms with van der Waals surface area (Å²) in [6.45, 7) is 4.61. The maximum atomic E-state index is 12.0. The Morgan fingerprint density at radius 1 is 1.59 bits per heavy atom. The normalized spacial score (nSPS) is 14.8. The fourth-order valence-corrected chi connectivity index (χ4v) is 1.77. The first-order chi connectivity index (χ1) is 8.16. The van der Waals surface area contributed by atoms with Crippen LogP contribution in [0.1, 0.15) is 32.3 Å². The Bertz CT molecular complexity index is 374. The number of carbonyl (C=O) groups excluding carboxylic acids is 1. The van der Waals surface area contributed by atoms with Gasteiger partial charge >= 0.3 is 6.03 Å². The Labute approximate surface area is 102 Å². The molecular weight excluding hydrogens is 214 g/mol. The molecule has 2 amide bonds. The maximum absolute atomic E-state index is 12.0. The number of carbonyl (C=O) groups is 1. The molecule has 2 rings (SSSR count). The van der Waals surface area contributed by atoms with Crippen molar-refractivity contribution in [2.45, 2.75) is 45.3 Å². The third-order valence-electron chi connectivity index (χ3n) is 2.74. The van der Waals surface area contributed by atoms with E-state index in [-0.39, 0.29) is 12.1 Å². The zero-order valence-corrected chi connectivity index (χ0v) is 10.4. The molecule has 0 aromatic carbocycles. The number of pyridine rings is 1. The van der Waals surface area contributed by atoms with E-state index in [9.17, 15) is 4.79 Å². The third-order valence-corrected chi connectivity index (χ3v) is 2.74. The minimum absolute atomic E-state index is 0.0337. The molecule has 0 radical (unpaired) electrons. The molecule has 4 heteroatoms. The summed E-state index contributed by atoms with van der Waals surface area (Å²) in [5, 5.41) is 2.95. The van der Waals surface area contributed by atoms with Crippen molar-refractivity contribution in [2.24, 2.45) is 0 Å². The van der Waals surface area contributed by atoms with Crippen molar-refractivity contribution in [3.05, 3.63) is 30.1 Å². The number of hydrogen-bond acceptors (Lipinski definition) is 2. The highest BCUT2D eigenvalue weighted by molar-refractivity contribution is 5.75. The van der Waals surface area contributed by atoms with E-state index in [0.717, 1.165) is 18.4 Å². The summed E-state index contributed by atoms with van der Waals surface area (Å²) < 4.78 is 0. The number of nitrogens with one attached hydrogen (secondary N) is 1. The van der Waals surface area contributed by atoms with Gasteiger partial charge in [0.1, 0.15) is 0 Å². The molecule has 0 aliphatic heterocycles. The summed E-state index contributed by atoms with van der Waals surface area (Å²) in [5.41, 5.74) is 1.08. The Morgan fingerprint density at radius 2 is 2.35 bits per heavy atom. The Hall–Kier alpha value is -1.58. The SMILES string of the molecule is CC(C)NC(=O)N(Cc1cccnc1)C1CC1. The Kier molecular flexibility index (Phi) is 3.61. The van der Waals surface area contributed by atoms with Crippen LogP contribution in [0.25, 0.3) is 0 Å². The molecule has 1 fully saturated rings. The lowest BCUT2D eigenvalue weighted by Gasteiger charge is -2.24. The second-order valence-corrected chi connectivity index (χ2v) is 4.82. The quantitative estimate of drug-likeness (QED) is 0.866. The molecule has 1 aromatic rings. The zero-order chi connectivity index (χ0) is 12.3. The topological polar surface area (TPSA) is 45.2 Å². The van der Waals surface area contributed by atoms with E-state index in [2.05, 4.69) is 10.3 Å². The molecule has 1 aliphatic carbocycles. The molecule has 1 saturated carbocycles. The molecule has 1 N–H and O–H groups in total. The van der Waals surface area contributed by atoms with Crippen molar-refractivity contribution in [1.29, 1.82) is 0 Å². The molecule has 92 valence electrons. The molecule has 17 heavy (non-hydrogen) atoms. The van der Waals surface area contributed by atoms with Crippen molar-refractivity contribution in [1.82, 2.24) is 15.2 Å². The average Bonchev–Trinajstić information content (AvgIpc) is 3.10. The Morgan fingerprint density at radius 3 is 2.88 bits per heavy atom. The predicted molar refractivity (Wildman–Crippen MR) is 66.5 cm³/mol. The van der Waals surface area contributed by atoms with E-state index in [1.807, 2.05) is 37.1 Å². The lowest BCUT2D eigenvalue weighted by atomic mass is 10.2. The van der Waals surface area contributed by atoms with Gasteiger partial charge in [-0.25, -0.2) is 4.79 Å². The summed E-state index contributed by atoms with van der Waals surface area (Å²) >= 11 is 0. The fraction of sp³-hybridized carbons (Fsp3) is 0.538. The van der Waals surface area contributed by atoms with Crippen molar-refractivity contribution in [2.75, 3.05) is 0 Å². The molecule has 1 aromatic heterocycles. The monoisotopic (exact) mass is 233 g/mol. The summed E-state index contributed by atoms with van der Waals surface area (Å²) in [4.78, 5) is 18.0. The van der Waals surface area contributed by atoms with Crippen molar-refractivity contribution in [3.8, 4) is 0 Å². The van der Waals surface area contributed by atoms with Crippen LogP contribution in [-0.4, -0.2) is 28.0 Å². The van der Waals surface area contributed by atoms with E-state index in [4.69, 9.17) is 0 Å². The average molecular weight is 233 g/mol. The van der Waals surface area contributed by atoms with Gasteiger partial charge in [0.05, 0.1) is 0 Å². The van der Waals surface area contributed by atoms with Gasteiger partial charge in [0.25, 0.3) is 0 Å². The van der Waals surface area contributed by atoms with Crippen LogP contribution in [0, 0.1) is 0 Å². The number of urea groups is 1. The highest BCUT2D eigenvalue weighted by Crippen LogP contribution is 2.28. The number of hydrogen-bond donors (Lipinski definition) is 1. The number of nitrogens with zero attached hydrogens (tertiary/aromatic N) is 2. The van der Waals surface area contributed by atoms with Gasteiger partial charge < -0.3 is 10.2 Å². The summed E-state index contributed by atoms with van der Waals surface area (Å²) in [7, 11) is 0. The summed E-state index contributed by atoms with van der Waals surface area (Å²) in [6, 6.07) is 4.53. The van der Waals surface area contributed by atoms with E-state index in [1.165, 1.54) is 0 Å². The van der Waals surface area contributed by atoms with Crippen molar-refractivity contribution in [3.63, 3.8) is 0 Å². The number of amides is 2. The van der Waals surface area contributed by atoms with Crippen LogP contribution < -0.4 is 5.32 Å². The van der Waals surface area contributed by atoms with Gasteiger partial charge in [-0.2, -0.15) is 0 Å². The second-order valence-electron chi connectivity index (χ2n) is 4.82. The lowest BCUT2D eigenvalue weighted by molar-refractivity contribution is 0.189. The van der Waals surface area contributed by atoms with Crippen LogP contribution in [0.5, 0.6) is 0 Å². The van der Waals surface area contributed by atoms with Crippen LogP contribution >= 0.6 is 0 Å². The molecule has 1 aliphatic rings. The van der Waals surface area contributed by atoms with Crippen LogP contribution in [0.3, 0.4) is 0 Å². The molecule has 0 unspecified atom stereocenters. The van der Waals surface area contributed by atoms with Gasteiger partial charge in [-0.3, -0.25) is 4.98 Å². The van der Waals surface area contributed by atoms with Crippen molar-refractivity contribution < 1.29 is 4.79 Å². The lowest BCUT2D eigenvalue weighted by Crippen LogP contribution is -2.43. The first kappa shape index (κ1) is 11.9. The van der Waals surface area contributed by atoms with Crippen LogP contribution in [0.15, 0.2) is 24.5 Å². The molecule has 0 saturated heterocycles. The van der Waals surface area contributed by atoms with Crippen LogP contribution in [-0.2, 0) is 6.54 Å². The van der Waals surface area contributed by atoms with Crippen LogP contribution in [0.2, 0.25) is 0 Å². The van der Waals surface area contributed by atoms with Gasteiger partial charge in [0, 0.05) is 31.0 Å². The second kappa shape index (κ2) is 5.17. The molecule has 0 spiro atoms. The van der Waals surface area contributed by atoms with E-state index in [1.54, 1.807) is 6.20 Å². The van der Waals surface area contributed by atoms with Gasteiger partial charge in [-0.1, -0.05) is 6.07 Å². The van der Waals surface area contributed by atoms with E-state index >= 15 is 0 Å². The van der Waals surface area contributed by atoms with Gasteiger partial charge in [-0.15, -0.1) is 0 Å². The molecule has 4 nitrogen and oxygen atoms in total. The van der Waals surface area contributed by atoms with Gasteiger partial charge in [0.15, 0.2) is 0 Å². The molecule has 0 atom stereocenters. The fourth-order valence-electron chi connectivity index (χ4n) is 1.77. The van der Waals surface area contributed by atoms with Gasteiger partial charge in [-0.05, 0) is 38.3 Å². The van der Waals surface area contributed by atoms with Gasteiger partial charge in [0.2, 0.25) is 0 Å². The standard InChI is InChI=1S/C13H19N3O/c1-10(2)15-13(17)16(12-5-6-12)9-11-4-3-7-14-8-11/h3-4,7-8,10,12H,5-6,9H2,1-2H3,(H,15,17). The third kappa shape index (κ3) is 3.44. The first-order valence-electron chi connectivity index (χ1n) is 6.13. The van der Waals surface area contributed by atoms with E-state index < -0.39 is 0 Å². The minimum atomic E-state index is 0.0337. The predicted octanol–water partition coefficient (Wildman–Crippen LogP) is 2.16. The Balaban J connectivity index is 2.00. The maximum Gasteiger partial charge on any atom is 0.318 e. The first-order valence-corrected chi connectivity index (χ1v) is 6.13. The number of aromatic nitrogens is 1. The highest BCUT2D eigenvalue weighted by Gasteiger charge is 2.32. The molecule has 0 bridgehead atoms. The zero-order valence-electron chi connectivity index (χ0n) is 10.4. The molecule has 1 heterocycles. The van der Waals surface area contributed by atoms with Crippen molar-refractivity contribution >= 4 is 6.03 Å². The summed E-state index contributed by atoms with van der Waals surface area (Å²) in [6.07, 6.45) is 5.80. The molecular formula is C13H19N3O. The van der Waals surface area contributed by atoms with E-state index in [0.29, 0.717) is 12.6 Å². The largest absolute Gasteiger partial charge is 0.336 e. The minimum Gasteiger partial charge on any atom is -0.336 e. The number of rotatable bonds is 4. The smallest absolute Gasteiger partial charge is 0.318 e. The highest BCUT2D eigenvalue weighted by atomic mass is 16.2. The summed E-state index contributed by atoms with van der Waals surface area (Å²) in [5.74, 6) is 0. The van der Waals surface area contributed by atoms with Crippen LogP contribution in [0.4, 0.5) is 4.79 Å².